The Hall–Kier alpha value is -0.776. The molecular weight excluding hydrogens is 476 g/mol. The zero-order chi connectivity index (χ0) is 27.0. The number of ether oxygens (including phenoxy) is 3. The van der Waals surface area contributed by atoms with E-state index in [0.29, 0.717) is 6.42 Å². The van der Waals surface area contributed by atoms with Gasteiger partial charge in [0.15, 0.2) is 22.4 Å². The van der Waals surface area contributed by atoms with Crippen LogP contribution in [-0.4, -0.2) is 58.9 Å². The van der Waals surface area contributed by atoms with Crippen LogP contribution in [0.4, 0.5) is 0 Å². The van der Waals surface area contributed by atoms with Crippen molar-refractivity contribution in [2.45, 2.75) is 141 Å². The fraction of sp³-hybridized carbons (Fsp3) is 0.815. The second kappa shape index (κ2) is 10.5. The molecule has 1 fully saturated rings. The van der Waals surface area contributed by atoms with E-state index in [2.05, 4.69) is 74.7 Å². The predicted molar refractivity (Wildman–Crippen MR) is 146 cm³/mol. The zero-order valence-corrected chi connectivity index (χ0v) is 26.4. The number of carbonyl (C=O) groups is 1. The lowest BCUT2D eigenvalue weighted by atomic mass is 10.0. The molecule has 2 rings (SSSR count). The van der Waals surface area contributed by atoms with E-state index in [1.807, 2.05) is 32.1 Å². The molecule has 8 heteroatoms. The maximum absolute atomic E-state index is 11.8. The smallest absolute Gasteiger partial charge is 0.331 e. The molecule has 2 aliphatic rings. The Morgan fingerprint density at radius 2 is 1.49 bits per heavy atom. The van der Waals surface area contributed by atoms with E-state index in [1.54, 1.807) is 0 Å². The molecule has 2 heterocycles. The van der Waals surface area contributed by atoms with Crippen LogP contribution in [0.3, 0.4) is 0 Å². The maximum Gasteiger partial charge on any atom is 0.331 e. The maximum atomic E-state index is 11.8. The summed E-state index contributed by atoms with van der Waals surface area (Å²) in [5, 5.41) is 0.105. The number of rotatable bonds is 8. The van der Waals surface area contributed by atoms with Gasteiger partial charge in [0.05, 0.1) is 12.2 Å². The average Bonchev–Trinajstić information content (AvgIpc) is 2.98. The molecule has 0 radical (unpaired) electrons. The molecule has 0 bridgehead atoms. The molecule has 0 N–H and O–H groups in total. The van der Waals surface area contributed by atoms with Gasteiger partial charge in [0.1, 0.15) is 18.3 Å². The van der Waals surface area contributed by atoms with Gasteiger partial charge >= 0.3 is 5.97 Å². The van der Waals surface area contributed by atoms with Crippen LogP contribution in [0.1, 0.15) is 68.7 Å². The van der Waals surface area contributed by atoms with Crippen LogP contribution in [0, 0.1) is 0 Å². The second-order valence-corrected chi connectivity index (χ2v) is 23.0. The van der Waals surface area contributed by atoms with Crippen LogP contribution >= 0.6 is 0 Å². The van der Waals surface area contributed by atoms with Crippen molar-refractivity contribution in [3.05, 3.63) is 24.3 Å². The Labute approximate surface area is 216 Å². The highest BCUT2D eigenvalue weighted by Gasteiger charge is 2.51. The lowest BCUT2D eigenvalue weighted by molar-refractivity contribution is -0.157. The van der Waals surface area contributed by atoms with Crippen LogP contribution in [-0.2, 0) is 27.9 Å². The average molecular weight is 527 g/mol. The molecule has 1 saturated heterocycles. The molecule has 0 aromatic heterocycles. The van der Waals surface area contributed by atoms with Gasteiger partial charge in [-0.3, -0.25) is 0 Å². The van der Waals surface area contributed by atoms with Crippen molar-refractivity contribution in [2.75, 3.05) is 0 Å². The quantitative estimate of drug-likeness (QED) is 0.198. The normalized spacial score (nSPS) is 27.8. The third-order valence-electron chi connectivity index (χ3n) is 7.88. The van der Waals surface area contributed by atoms with Gasteiger partial charge in [0.2, 0.25) is 0 Å². The predicted octanol–water partition coefficient (Wildman–Crippen LogP) is 6.74. The zero-order valence-electron chi connectivity index (χ0n) is 24.4. The van der Waals surface area contributed by atoms with Crippen molar-refractivity contribution >= 4 is 22.6 Å². The van der Waals surface area contributed by atoms with Crippen molar-refractivity contribution in [1.82, 2.24) is 0 Å². The first-order valence-corrected chi connectivity index (χ1v) is 18.7. The van der Waals surface area contributed by atoms with Gasteiger partial charge in [-0.1, -0.05) is 53.7 Å². The fourth-order valence-corrected chi connectivity index (χ4v) is 6.43. The molecule has 0 aliphatic carbocycles. The summed E-state index contributed by atoms with van der Waals surface area (Å²) in [4.78, 5) is 11.8. The minimum absolute atomic E-state index is 0.0207. The molecule has 0 aromatic carbocycles. The highest BCUT2D eigenvalue weighted by molar-refractivity contribution is 6.74. The van der Waals surface area contributed by atoms with Crippen LogP contribution < -0.4 is 0 Å². The van der Waals surface area contributed by atoms with E-state index < -0.39 is 22.4 Å². The minimum atomic E-state index is -2.16. The SMILES string of the molecule is C[C@H](O[Si](C)(C)C(C)(C)C)[C@@H]1OC(C)(C)O[C@H]1[C@H](/C=C/[C@H]1CC=CC(=O)O1)O[Si](C)(C)C(C)(C)C. The number of hydrogen-bond donors (Lipinski definition) is 0. The molecule has 0 unspecified atom stereocenters. The molecule has 0 amide bonds. The molecular formula is C27H50O6Si2. The summed E-state index contributed by atoms with van der Waals surface area (Å²) in [6, 6.07) is 0. The summed E-state index contributed by atoms with van der Waals surface area (Å²) in [7, 11) is -4.19. The van der Waals surface area contributed by atoms with E-state index in [9.17, 15) is 4.79 Å². The van der Waals surface area contributed by atoms with Gasteiger partial charge in [-0.15, -0.1) is 0 Å². The van der Waals surface area contributed by atoms with E-state index in [-0.39, 0.29) is 46.6 Å². The van der Waals surface area contributed by atoms with Crippen LogP contribution in [0.15, 0.2) is 24.3 Å². The number of carbonyl (C=O) groups excluding carboxylic acids is 1. The van der Waals surface area contributed by atoms with E-state index in [4.69, 9.17) is 23.1 Å². The molecule has 0 aromatic rings. The molecule has 0 saturated carbocycles. The molecule has 35 heavy (non-hydrogen) atoms. The van der Waals surface area contributed by atoms with Gasteiger partial charge in [0.25, 0.3) is 0 Å². The minimum Gasteiger partial charge on any atom is -0.455 e. The van der Waals surface area contributed by atoms with E-state index in [1.165, 1.54) is 6.08 Å². The van der Waals surface area contributed by atoms with Crippen molar-refractivity contribution in [2.24, 2.45) is 0 Å². The molecule has 0 spiro atoms. The summed E-state index contributed by atoms with van der Waals surface area (Å²) >= 11 is 0. The molecule has 2 aliphatic heterocycles. The Bertz CT molecular complexity index is 803. The van der Waals surface area contributed by atoms with E-state index >= 15 is 0 Å². The highest BCUT2D eigenvalue weighted by Crippen LogP contribution is 2.43. The lowest BCUT2D eigenvalue weighted by Gasteiger charge is -2.42. The first-order valence-electron chi connectivity index (χ1n) is 12.9. The van der Waals surface area contributed by atoms with E-state index in [0.717, 1.165) is 0 Å². The second-order valence-electron chi connectivity index (χ2n) is 13.5. The first kappa shape index (κ1) is 30.4. The van der Waals surface area contributed by atoms with Crippen molar-refractivity contribution in [3.63, 3.8) is 0 Å². The lowest BCUT2D eigenvalue weighted by Crippen LogP contribution is -2.52. The Kier molecular flexibility index (Phi) is 9.17. The van der Waals surface area contributed by atoms with Gasteiger partial charge < -0.3 is 23.1 Å². The van der Waals surface area contributed by atoms with Crippen LogP contribution in [0.25, 0.3) is 0 Å². The van der Waals surface area contributed by atoms with Gasteiger partial charge in [-0.05, 0) is 63.1 Å². The summed E-state index contributed by atoms with van der Waals surface area (Å²) < 4.78 is 32.1. The monoisotopic (exact) mass is 526 g/mol. The van der Waals surface area contributed by atoms with Gasteiger partial charge in [-0.2, -0.15) is 0 Å². The largest absolute Gasteiger partial charge is 0.455 e. The van der Waals surface area contributed by atoms with Gasteiger partial charge in [0, 0.05) is 12.5 Å². The van der Waals surface area contributed by atoms with Gasteiger partial charge in [-0.25, -0.2) is 4.79 Å². The van der Waals surface area contributed by atoms with Crippen molar-refractivity contribution < 1.29 is 27.9 Å². The first-order chi connectivity index (χ1) is 15.7. The van der Waals surface area contributed by atoms with Crippen LogP contribution in [0.2, 0.25) is 36.3 Å². The number of hydrogen-bond acceptors (Lipinski definition) is 6. The standard InChI is InChI=1S/C27H50O6Si2/c1-19(32-34(10,11)25(2,3)4)23-24(31-27(8,9)30-23)21(33-35(12,13)26(5,6)7)18-17-20-15-14-16-22(28)29-20/h14,16-21,23-24H,15H2,1-13H3/b18-17+/t19-,20+,21-,23-,24-/m0/s1. The third-order valence-corrected chi connectivity index (χ3v) is 16.9. The topological polar surface area (TPSA) is 63.2 Å². The Morgan fingerprint density at radius 1 is 0.971 bits per heavy atom. The number of esters is 1. The highest BCUT2D eigenvalue weighted by atomic mass is 28.4. The Morgan fingerprint density at radius 3 is 2.00 bits per heavy atom. The Balaban J connectivity index is 2.39. The summed E-state index contributed by atoms with van der Waals surface area (Å²) in [6.07, 6.45) is 6.42. The fourth-order valence-electron chi connectivity index (χ4n) is 3.76. The summed E-state index contributed by atoms with van der Waals surface area (Å²) in [5.41, 5.74) is 0. The van der Waals surface area contributed by atoms with Crippen LogP contribution in [0.5, 0.6) is 0 Å². The summed E-state index contributed by atoms with van der Waals surface area (Å²) in [5.74, 6) is -1.08. The van der Waals surface area contributed by atoms with Crippen molar-refractivity contribution in [3.8, 4) is 0 Å². The number of cyclic esters (lactones) is 1. The third kappa shape index (κ3) is 7.85. The molecule has 6 nitrogen and oxygen atoms in total. The molecule has 5 atom stereocenters. The molecule has 202 valence electrons. The summed E-state index contributed by atoms with van der Waals surface area (Å²) in [6.45, 7) is 28.4. The van der Waals surface area contributed by atoms with Crippen molar-refractivity contribution in [1.29, 1.82) is 0 Å².